The third-order valence-electron chi connectivity index (χ3n) is 7.11. The maximum absolute atomic E-state index is 4.86. The van der Waals surface area contributed by atoms with E-state index < -0.39 is 0 Å². The van der Waals surface area contributed by atoms with E-state index in [1.165, 1.54) is 36.8 Å². The molecule has 0 atom stereocenters. The number of nitrogens with zero attached hydrogens (tertiary/aromatic N) is 5. The van der Waals surface area contributed by atoms with Gasteiger partial charge in [0, 0.05) is 49.9 Å². The molecule has 0 N–H and O–H groups in total. The normalized spacial score (nSPS) is 24.6. The van der Waals surface area contributed by atoms with Crippen molar-refractivity contribution in [2.45, 2.75) is 31.6 Å². The Morgan fingerprint density at radius 1 is 0.724 bits per heavy atom. The minimum absolute atomic E-state index is 0.438. The molecule has 1 aliphatic carbocycles. The summed E-state index contributed by atoms with van der Waals surface area (Å²) in [5.74, 6) is 4.32. The number of rotatable bonds is 3. The van der Waals surface area contributed by atoms with Crippen molar-refractivity contribution in [1.29, 1.82) is 0 Å². The molecule has 29 heavy (non-hydrogen) atoms. The first-order valence-electron chi connectivity index (χ1n) is 11.0. The second-order valence-corrected chi connectivity index (χ2v) is 9.02. The lowest BCUT2D eigenvalue weighted by Crippen LogP contribution is -2.46. The Hall–Kier alpha value is -2.69. The molecule has 0 unspecified atom stereocenters. The van der Waals surface area contributed by atoms with E-state index in [0.717, 1.165) is 55.2 Å². The molecule has 3 saturated heterocycles. The molecule has 5 nitrogen and oxygen atoms in total. The molecule has 3 aromatic rings. The van der Waals surface area contributed by atoms with Crippen molar-refractivity contribution >= 4 is 22.5 Å². The van der Waals surface area contributed by atoms with Crippen LogP contribution in [0.25, 0.3) is 10.9 Å². The van der Waals surface area contributed by atoms with Crippen molar-refractivity contribution in [3.8, 4) is 0 Å². The summed E-state index contributed by atoms with van der Waals surface area (Å²) in [5.41, 5.74) is 2.25. The number of hydrogen-bond donors (Lipinski definition) is 0. The van der Waals surface area contributed by atoms with E-state index in [1.807, 2.05) is 12.4 Å². The first-order valence-corrected chi connectivity index (χ1v) is 11.0. The maximum Gasteiger partial charge on any atom is 0.150 e. The SMILES string of the molecule is c1ccc2nc(N3CC(c4nccnc4N4CC5CCC(CC5)C4)C3)ccc2c1. The van der Waals surface area contributed by atoms with E-state index in [-0.39, 0.29) is 0 Å². The number of para-hydroxylation sites is 1. The maximum atomic E-state index is 4.86. The van der Waals surface area contributed by atoms with E-state index in [1.54, 1.807) is 0 Å². The number of pyridine rings is 1. The van der Waals surface area contributed by atoms with E-state index in [2.05, 4.69) is 46.2 Å². The largest absolute Gasteiger partial charge is 0.355 e. The van der Waals surface area contributed by atoms with Gasteiger partial charge in [-0.15, -0.1) is 0 Å². The molecule has 5 heteroatoms. The van der Waals surface area contributed by atoms with E-state index >= 15 is 0 Å². The van der Waals surface area contributed by atoms with Gasteiger partial charge in [0.25, 0.3) is 0 Å². The predicted molar refractivity (Wildman–Crippen MR) is 116 cm³/mol. The Morgan fingerprint density at radius 3 is 2.24 bits per heavy atom. The molecule has 7 rings (SSSR count). The van der Waals surface area contributed by atoms with Crippen LogP contribution >= 0.6 is 0 Å². The number of aromatic nitrogens is 3. The third-order valence-corrected chi connectivity index (χ3v) is 7.11. The molecular formula is C24H27N5. The van der Waals surface area contributed by atoms with Crippen LogP contribution < -0.4 is 9.80 Å². The minimum atomic E-state index is 0.438. The van der Waals surface area contributed by atoms with Crippen molar-refractivity contribution in [3.63, 3.8) is 0 Å². The van der Waals surface area contributed by atoms with Crippen molar-refractivity contribution in [2.24, 2.45) is 11.8 Å². The number of hydrogen-bond acceptors (Lipinski definition) is 5. The molecule has 5 heterocycles. The van der Waals surface area contributed by atoms with Crippen LogP contribution in [-0.4, -0.2) is 41.1 Å². The standard InChI is InChI=1S/C24H27N5/c1-2-4-21-19(3-1)9-10-22(27-21)28-15-20(16-28)23-24(26-12-11-25-23)29-13-17-5-6-18(14-29)8-7-17/h1-4,9-12,17-18,20H,5-8,13-16H2. The molecule has 0 amide bonds. The Morgan fingerprint density at radius 2 is 1.45 bits per heavy atom. The lowest BCUT2D eigenvalue weighted by Gasteiger charge is -2.41. The van der Waals surface area contributed by atoms with Gasteiger partial charge >= 0.3 is 0 Å². The Kier molecular flexibility index (Phi) is 4.13. The van der Waals surface area contributed by atoms with Crippen molar-refractivity contribution in [1.82, 2.24) is 15.0 Å². The zero-order chi connectivity index (χ0) is 19.2. The summed E-state index contributed by atoms with van der Waals surface area (Å²) in [4.78, 5) is 19.4. The Labute approximate surface area is 171 Å². The molecule has 148 valence electrons. The van der Waals surface area contributed by atoms with Crippen LogP contribution in [0.2, 0.25) is 0 Å². The average molecular weight is 386 g/mol. The highest BCUT2D eigenvalue weighted by atomic mass is 15.3. The van der Waals surface area contributed by atoms with Crippen molar-refractivity contribution in [3.05, 3.63) is 54.5 Å². The summed E-state index contributed by atoms with van der Waals surface area (Å²) in [7, 11) is 0. The molecule has 1 aromatic carbocycles. The summed E-state index contributed by atoms with van der Waals surface area (Å²) >= 11 is 0. The summed E-state index contributed by atoms with van der Waals surface area (Å²) < 4.78 is 0. The predicted octanol–water partition coefficient (Wildman–Crippen LogP) is 4.26. The van der Waals surface area contributed by atoms with Gasteiger partial charge in [-0.3, -0.25) is 4.98 Å². The van der Waals surface area contributed by atoms with Crippen LogP contribution in [0.5, 0.6) is 0 Å². The van der Waals surface area contributed by atoms with E-state index in [0.29, 0.717) is 5.92 Å². The zero-order valence-corrected chi connectivity index (χ0v) is 16.7. The highest BCUT2D eigenvalue weighted by Gasteiger charge is 2.36. The fourth-order valence-corrected chi connectivity index (χ4v) is 5.41. The highest BCUT2D eigenvalue weighted by Crippen LogP contribution is 2.39. The summed E-state index contributed by atoms with van der Waals surface area (Å²) in [6, 6.07) is 12.6. The van der Waals surface area contributed by atoms with Gasteiger partial charge in [-0.1, -0.05) is 18.2 Å². The molecule has 2 aromatic heterocycles. The summed E-state index contributed by atoms with van der Waals surface area (Å²) in [6.45, 7) is 4.26. The second-order valence-electron chi connectivity index (χ2n) is 9.02. The fourth-order valence-electron chi connectivity index (χ4n) is 5.41. The van der Waals surface area contributed by atoms with Gasteiger partial charge < -0.3 is 9.80 Å². The molecule has 1 saturated carbocycles. The zero-order valence-electron chi connectivity index (χ0n) is 16.7. The molecule has 3 aliphatic heterocycles. The first kappa shape index (κ1) is 17.2. The molecule has 4 fully saturated rings. The topological polar surface area (TPSA) is 45.2 Å². The summed E-state index contributed by atoms with van der Waals surface area (Å²) in [6.07, 6.45) is 9.29. The Balaban J connectivity index is 1.22. The molecule has 0 radical (unpaired) electrons. The second kappa shape index (κ2) is 6.97. The number of anilines is 2. The van der Waals surface area contributed by atoms with Gasteiger partial charge in [-0.25, -0.2) is 9.97 Å². The van der Waals surface area contributed by atoms with Crippen LogP contribution in [0, 0.1) is 11.8 Å². The molecular weight excluding hydrogens is 358 g/mol. The lowest BCUT2D eigenvalue weighted by molar-refractivity contribution is 0.326. The monoisotopic (exact) mass is 385 g/mol. The Bertz CT molecular complexity index is 1010. The van der Waals surface area contributed by atoms with E-state index in [4.69, 9.17) is 15.0 Å². The molecule has 0 spiro atoms. The fraction of sp³-hybridized carbons (Fsp3) is 0.458. The third kappa shape index (κ3) is 3.13. The number of benzene rings is 1. The van der Waals surface area contributed by atoms with Gasteiger partial charge in [0.1, 0.15) is 5.82 Å². The van der Waals surface area contributed by atoms with Gasteiger partial charge in [-0.2, -0.15) is 0 Å². The van der Waals surface area contributed by atoms with Crippen molar-refractivity contribution < 1.29 is 0 Å². The summed E-state index contributed by atoms with van der Waals surface area (Å²) in [5, 5.41) is 1.19. The van der Waals surface area contributed by atoms with E-state index in [9.17, 15) is 0 Å². The van der Waals surface area contributed by atoms with Gasteiger partial charge in [0.05, 0.1) is 11.2 Å². The van der Waals surface area contributed by atoms with Crippen LogP contribution in [-0.2, 0) is 0 Å². The van der Waals surface area contributed by atoms with Gasteiger partial charge in [0.15, 0.2) is 5.82 Å². The highest BCUT2D eigenvalue weighted by molar-refractivity contribution is 5.80. The van der Waals surface area contributed by atoms with Crippen LogP contribution in [0.4, 0.5) is 11.6 Å². The van der Waals surface area contributed by atoms with Crippen LogP contribution in [0.15, 0.2) is 48.8 Å². The van der Waals surface area contributed by atoms with Crippen LogP contribution in [0.1, 0.15) is 37.3 Å². The number of fused-ring (bicyclic) bond motifs is 5. The smallest absolute Gasteiger partial charge is 0.150 e. The molecule has 2 bridgehead atoms. The quantitative estimate of drug-likeness (QED) is 0.674. The van der Waals surface area contributed by atoms with Crippen molar-refractivity contribution in [2.75, 3.05) is 36.0 Å². The van der Waals surface area contributed by atoms with Gasteiger partial charge in [-0.05, 0) is 55.7 Å². The minimum Gasteiger partial charge on any atom is -0.355 e. The van der Waals surface area contributed by atoms with Gasteiger partial charge in [0.2, 0.25) is 0 Å². The lowest BCUT2D eigenvalue weighted by atomic mass is 9.84. The first-order chi connectivity index (χ1) is 14.3. The van der Waals surface area contributed by atoms with Crippen LogP contribution in [0.3, 0.4) is 0 Å². The average Bonchev–Trinajstić information content (AvgIpc) is 3.07. The molecule has 4 aliphatic rings.